The van der Waals surface area contributed by atoms with Gasteiger partial charge in [-0.15, -0.1) is 5.10 Å². The van der Waals surface area contributed by atoms with Crippen LogP contribution in [0.25, 0.3) is 0 Å². The van der Waals surface area contributed by atoms with Crippen LogP contribution in [0.2, 0.25) is 0 Å². The van der Waals surface area contributed by atoms with Crippen LogP contribution in [0, 0.1) is 11.3 Å². The summed E-state index contributed by atoms with van der Waals surface area (Å²) in [6.45, 7) is 1.70. The average molecular weight is 180 g/mol. The highest BCUT2D eigenvalue weighted by Gasteiger charge is 2.11. The molecule has 1 heterocycles. The highest BCUT2D eigenvalue weighted by atomic mass is 16.4. The van der Waals surface area contributed by atoms with Crippen LogP contribution in [0.4, 0.5) is 0 Å². The van der Waals surface area contributed by atoms with Gasteiger partial charge < -0.3 is 5.11 Å². The van der Waals surface area contributed by atoms with Crippen LogP contribution in [0.1, 0.15) is 25.2 Å². The molecule has 1 aromatic heterocycles. The van der Waals surface area contributed by atoms with Crippen molar-refractivity contribution in [1.82, 2.24) is 14.8 Å². The third-order valence-electron chi connectivity index (χ3n) is 1.53. The molecule has 0 bridgehead atoms. The van der Waals surface area contributed by atoms with Crippen molar-refractivity contribution in [3.63, 3.8) is 0 Å². The number of aliphatic carboxylic acids is 1. The second-order valence-electron chi connectivity index (χ2n) is 2.61. The number of carboxylic acids is 1. The Morgan fingerprint density at radius 1 is 1.92 bits per heavy atom. The number of nitriles is 1. The first-order valence-corrected chi connectivity index (χ1v) is 3.66. The van der Waals surface area contributed by atoms with Gasteiger partial charge in [0, 0.05) is 0 Å². The second kappa shape index (κ2) is 3.67. The van der Waals surface area contributed by atoms with Crippen LogP contribution in [0.15, 0.2) is 6.33 Å². The summed E-state index contributed by atoms with van der Waals surface area (Å²) in [6.07, 6.45) is 1.32. The molecule has 1 aromatic rings. The van der Waals surface area contributed by atoms with Crippen molar-refractivity contribution in [2.45, 2.75) is 19.4 Å². The van der Waals surface area contributed by atoms with E-state index in [1.807, 2.05) is 0 Å². The number of hydrogen-bond acceptors (Lipinski definition) is 4. The number of aromatic nitrogens is 3. The molecule has 0 fully saturated rings. The van der Waals surface area contributed by atoms with E-state index >= 15 is 0 Å². The summed E-state index contributed by atoms with van der Waals surface area (Å²) in [5, 5.41) is 20.7. The minimum Gasteiger partial charge on any atom is -0.481 e. The molecule has 1 N–H and O–H groups in total. The van der Waals surface area contributed by atoms with E-state index in [2.05, 4.69) is 10.1 Å². The van der Waals surface area contributed by atoms with Gasteiger partial charge in [-0.05, 0) is 6.92 Å². The molecule has 0 saturated carbocycles. The summed E-state index contributed by atoms with van der Waals surface area (Å²) in [5.41, 5.74) is 0. The molecule has 0 amide bonds. The van der Waals surface area contributed by atoms with E-state index < -0.39 is 5.97 Å². The number of carbonyl (C=O) groups is 1. The van der Waals surface area contributed by atoms with E-state index in [9.17, 15) is 4.79 Å². The van der Waals surface area contributed by atoms with Crippen LogP contribution >= 0.6 is 0 Å². The van der Waals surface area contributed by atoms with E-state index in [1.54, 1.807) is 13.0 Å². The van der Waals surface area contributed by atoms with Gasteiger partial charge in [-0.25, -0.2) is 9.67 Å². The fourth-order valence-corrected chi connectivity index (χ4v) is 0.885. The van der Waals surface area contributed by atoms with Gasteiger partial charge in [0.2, 0.25) is 0 Å². The standard InChI is InChI=1S/C7H8N4O2/c1-5(2-7(12)13)11-4-9-6(3-8)10-11/h4-5H,2H2,1H3,(H,12,13). The minimum absolute atomic E-state index is 0.0335. The molecule has 1 unspecified atom stereocenters. The number of rotatable bonds is 3. The van der Waals surface area contributed by atoms with Gasteiger partial charge in [-0.3, -0.25) is 4.79 Å². The van der Waals surface area contributed by atoms with Gasteiger partial charge in [-0.1, -0.05) is 0 Å². The zero-order valence-electron chi connectivity index (χ0n) is 7.01. The highest BCUT2D eigenvalue weighted by molar-refractivity contribution is 5.67. The maximum Gasteiger partial charge on any atom is 0.305 e. The summed E-state index contributed by atoms with van der Waals surface area (Å²) in [7, 11) is 0. The molecule has 0 aliphatic rings. The number of hydrogen-bond donors (Lipinski definition) is 1. The van der Waals surface area contributed by atoms with Gasteiger partial charge in [-0.2, -0.15) is 5.26 Å². The Bertz CT molecular complexity index is 352. The van der Waals surface area contributed by atoms with E-state index in [4.69, 9.17) is 10.4 Å². The Labute approximate surface area is 74.4 Å². The molecule has 68 valence electrons. The molecule has 0 radical (unpaired) electrons. The molecule has 0 aromatic carbocycles. The first-order chi connectivity index (χ1) is 6.13. The lowest BCUT2D eigenvalue weighted by atomic mass is 10.2. The monoisotopic (exact) mass is 180 g/mol. The quantitative estimate of drug-likeness (QED) is 0.716. The fraction of sp³-hybridized carbons (Fsp3) is 0.429. The minimum atomic E-state index is -0.901. The predicted octanol–water partition coefficient (Wildman–Crippen LogP) is 0.185. The lowest BCUT2D eigenvalue weighted by Crippen LogP contribution is -2.10. The molecule has 0 spiro atoms. The smallest absolute Gasteiger partial charge is 0.305 e. The molecule has 13 heavy (non-hydrogen) atoms. The summed E-state index contributed by atoms with van der Waals surface area (Å²) in [6, 6.07) is 1.48. The third-order valence-corrected chi connectivity index (χ3v) is 1.53. The largest absolute Gasteiger partial charge is 0.481 e. The molecule has 1 atom stereocenters. The molecule has 0 aliphatic carbocycles. The van der Waals surface area contributed by atoms with Crippen molar-refractivity contribution in [2.75, 3.05) is 0 Å². The maximum atomic E-state index is 10.3. The second-order valence-corrected chi connectivity index (χ2v) is 2.61. The zero-order valence-corrected chi connectivity index (χ0v) is 7.01. The van der Waals surface area contributed by atoms with Crippen molar-refractivity contribution < 1.29 is 9.90 Å². The van der Waals surface area contributed by atoms with Crippen molar-refractivity contribution in [2.24, 2.45) is 0 Å². The average Bonchev–Trinajstić information content (AvgIpc) is 2.50. The Balaban J connectivity index is 2.72. The number of nitrogens with zero attached hydrogens (tertiary/aromatic N) is 4. The Morgan fingerprint density at radius 2 is 2.62 bits per heavy atom. The van der Waals surface area contributed by atoms with E-state index in [0.717, 1.165) is 0 Å². The van der Waals surface area contributed by atoms with Crippen LogP contribution in [0.3, 0.4) is 0 Å². The van der Waals surface area contributed by atoms with Gasteiger partial charge >= 0.3 is 5.97 Å². The number of carboxylic acid groups (broad SMARTS) is 1. The third kappa shape index (κ3) is 2.27. The molecule has 1 rings (SSSR count). The van der Waals surface area contributed by atoms with Gasteiger partial charge in [0.15, 0.2) is 0 Å². The van der Waals surface area contributed by atoms with E-state index in [-0.39, 0.29) is 18.3 Å². The first kappa shape index (κ1) is 9.19. The Kier molecular flexibility index (Phi) is 2.59. The van der Waals surface area contributed by atoms with Crippen LogP contribution in [-0.2, 0) is 4.79 Å². The molecule has 0 aliphatic heterocycles. The van der Waals surface area contributed by atoms with Gasteiger partial charge in [0.1, 0.15) is 12.4 Å². The van der Waals surface area contributed by atoms with E-state index in [1.165, 1.54) is 11.0 Å². The zero-order chi connectivity index (χ0) is 9.84. The summed E-state index contributed by atoms with van der Waals surface area (Å²) < 4.78 is 1.37. The lowest BCUT2D eigenvalue weighted by molar-refractivity contribution is -0.137. The van der Waals surface area contributed by atoms with Gasteiger partial charge in [0.05, 0.1) is 12.5 Å². The molecular weight excluding hydrogens is 172 g/mol. The van der Waals surface area contributed by atoms with Crippen LogP contribution < -0.4 is 0 Å². The Morgan fingerprint density at radius 3 is 3.08 bits per heavy atom. The molecule has 6 heteroatoms. The van der Waals surface area contributed by atoms with Crippen molar-refractivity contribution >= 4 is 5.97 Å². The normalized spacial score (nSPS) is 12.0. The summed E-state index contributed by atoms with van der Waals surface area (Å²) in [5.74, 6) is -0.848. The van der Waals surface area contributed by atoms with Crippen molar-refractivity contribution in [3.8, 4) is 6.07 Å². The SMILES string of the molecule is CC(CC(=O)O)n1cnc(C#N)n1. The topological polar surface area (TPSA) is 91.8 Å². The van der Waals surface area contributed by atoms with Crippen molar-refractivity contribution in [1.29, 1.82) is 5.26 Å². The van der Waals surface area contributed by atoms with Crippen molar-refractivity contribution in [3.05, 3.63) is 12.2 Å². The first-order valence-electron chi connectivity index (χ1n) is 3.66. The maximum absolute atomic E-state index is 10.3. The fourth-order valence-electron chi connectivity index (χ4n) is 0.885. The molecule has 0 saturated heterocycles. The molecule has 6 nitrogen and oxygen atoms in total. The van der Waals surface area contributed by atoms with Crippen LogP contribution in [0.5, 0.6) is 0 Å². The highest BCUT2D eigenvalue weighted by Crippen LogP contribution is 2.07. The molecular formula is C7H8N4O2. The summed E-state index contributed by atoms with van der Waals surface area (Å²) in [4.78, 5) is 14.0. The van der Waals surface area contributed by atoms with E-state index in [0.29, 0.717) is 0 Å². The Hall–Kier alpha value is -1.90. The predicted molar refractivity (Wildman–Crippen MR) is 41.7 cm³/mol. The van der Waals surface area contributed by atoms with Gasteiger partial charge in [0.25, 0.3) is 5.82 Å². The lowest BCUT2D eigenvalue weighted by Gasteiger charge is -2.06. The summed E-state index contributed by atoms with van der Waals surface area (Å²) >= 11 is 0. The van der Waals surface area contributed by atoms with Crippen LogP contribution in [-0.4, -0.2) is 25.8 Å².